The van der Waals surface area contributed by atoms with Crippen LogP contribution in [0.3, 0.4) is 0 Å². The zero-order chi connectivity index (χ0) is 27.2. The standard InChI is InChI=1S/C27H34FN5O4/c1-26(2,30)24(35)32-21(16-37-20-11-7-10-19(28)14-20)23(34)33-13-12-22(29)27(17-33,25(36)31-3)15-18-8-5-4-6-9-18/h4-11,14,21,29H,12-13,15-17,30H2,1-3H3,(H,31,36)(H,32,35)/t21-,27-/m1/s1. The Hall–Kier alpha value is -3.79. The number of ether oxygens (including phenoxy) is 1. The number of carbonyl (C=O) groups is 3. The summed E-state index contributed by atoms with van der Waals surface area (Å²) in [7, 11) is 1.50. The molecule has 2 aromatic carbocycles. The van der Waals surface area contributed by atoms with E-state index in [2.05, 4.69) is 10.6 Å². The predicted octanol–water partition coefficient (Wildman–Crippen LogP) is 1.65. The minimum Gasteiger partial charge on any atom is -0.491 e. The van der Waals surface area contributed by atoms with Crippen molar-refractivity contribution in [3.63, 3.8) is 0 Å². The van der Waals surface area contributed by atoms with Crippen molar-refractivity contribution in [1.29, 1.82) is 5.41 Å². The lowest BCUT2D eigenvalue weighted by Gasteiger charge is -2.43. The van der Waals surface area contributed by atoms with Crippen LogP contribution in [0.2, 0.25) is 0 Å². The van der Waals surface area contributed by atoms with Crippen LogP contribution in [0.1, 0.15) is 25.8 Å². The van der Waals surface area contributed by atoms with Gasteiger partial charge < -0.3 is 31.4 Å². The largest absolute Gasteiger partial charge is 0.491 e. The molecule has 2 aromatic rings. The molecule has 0 radical (unpaired) electrons. The second kappa shape index (κ2) is 11.5. The molecule has 0 bridgehead atoms. The van der Waals surface area contributed by atoms with Gasteiger partial charge in [0, 0.05) is 38.3 Å². The van der Waals surface area contributed by atoms with Crippen LogP contribution in [0, 0.1) is 16.6 Å². The van der Waals surface area contributed by atoms with E-state index in [-0.39, 0.29) is 49.9 Å². The molecule has 3 amide bonds. The minimum absolute atomic E-state index is 0.0441. The van der Waals surface area contributed by atoms with Gasteiger partial charge in [0.1, 0.15) is 29.6 Å². The van der Waals surface area contributed by atoms with Gasteiger partial charge in [-0.15, -0.1) is 0 Å². The van der Waals surface area contributed by atoms with Crippen LogP contribution < -0.4 is 21.1 Å². The number of likely N-dealkylation sites (tertiary alicyclic amines) is 1. The Morgan fingerprint density at radius 3 is 2.51 bits per heavy atom. The van der Waals surface area contributed by atoms with Gasteiger partial charge in [0.2, 0.25) is 17.7 Å². The smallest absolute Gasteiger partial charge is 0.248 e. The van der Waals surface area contributed by atoms with Crippen LogP contribution in [0.15, 0.2) is 54.6 Å². The van der Waals surface area contributed by atoms with Gasteiger partial charge in [-0.2, -0.15) is 0 Å². The predicted molar refractivity (Wildman–Crippen MR) is 138 cm³/mol. The van der Waals surface area contributed by atoms with E-state index in [1.54, 1.807) is 0 Å². The summed E-state index contributed by atoms with van der Waals surface area (Å²) in [6.07, 6.45) is 0.433. The molecule has 9 nitrogen and oxygen atoms in total. The van der Waals surface area contributed by atoms with Gasteiger partial charge in [0.15, 0.2) is 0 Å². The molecule has 0 aliphatic carbocycles. The second-order valence-corrected chi connectivity index (χ2v) is 9.83. The number of piperidine rings is 1. The number of amides is 3. The van der Waals surface area contributed by atoms with Crippen molar-refractivity contribution in [2.45, 2.75) is 38.3 Å². The molecule has 10 heteroatoms. The Kier molecular flexibility index (Phi) is 8.65. The van der Waals surface area contributed by atoms with Gasteiger partial charge in [-0.05, 0) is 38.0 Å². The molecule has 3 rings (SSSR count). The number of rotatable bonds is 9. The van der Waals surface area contributed by atoms with E-state index in [0.717, 1.165) is 5.56 Å². The van der Waals surface area contributed by atoms with Gasteiger partial charge in [-0.3, -0.25) is 14.4 Å². The zero-order valence-corrected chi connectivity index (χ0v) is 21.3. The highest BCUT2D eigenvalue weighted by Gasteiger charge is 2.48. The Bertz CT molecular complexity index is 1140. The molecule has 1 fully saturated rings. The summed E-state index contributed by atoms with van der Waals surface area (Å²) in [5.74, 6) is -1.72. The van der Waals surface area contributed by atoms with Crippen LogP contribution in [-0.2, 0) is 20.8 Å². The van der Waals surface area contributed by atoms with Crippen molar-refractivity contribution in [3.8, 4) is 5.75 Å². The normalized spacial score (nSPS) is 18.6. The monoisotopic (exact) mass is 511 g/mol. The van der Waals surface area contributed by atoms with Crippen molar-refractivity contribution in [2.75, 3.05) is 26.7 Å². The number of hydrogen-bond donors (Lipinski definition) is 4. The molecule has 0 unspecified atom stereocenters. The van der Waals surface area contributed by atoms with E-state index in [1.165, 1.54) is 50.1 Å². The quantitative estimate of drug-likeness (QED) is 0.406. The van der Waals surface area contributed by atoms with Gasteiger partial charge in [0.05, 0.1) is 5.54 Å². The SMILES string of the molecule is CNC(=O)[C@]1(Cc2ccccc2)CN(C(=O)[C@@H](COc2cccc(F)c2)NC(=O)C(C)(C)N)CCC1=N. The summed E-state index contributed by atoms with van der Waals surface area (Å²) in [5, 5.41) is 14.0. The van der Waals surface area contributed by atoms with E-state index in [9.17, 15) is 18.8 Å². The summed E-state index contributed by atoms with van der Waals surface area (Å²) < 4.78 is 19.3. The number of benzene rings is 2. The summed E-state index contributed by atoms with van der Waals surface area (Å²) in [6.45, 7) is 2.90. The number of nitrogens with one attached hydrogen (secondary N) is 3. The van der Waals surface area contributed by atoms with E-state index in [4.69, 9.17) is 15.9 Å². The molecule has 1 aliphatic heterocycles. The van der Waals surface area contributed by atoms with E-state index in [1.807, 2.05) is 30.3 Å². The Morgan fingerprint density at radius 2 is 1.89 bits per heavy atom. The van der Waals surface area contributed by atoms with Gasteiger partial charge in [0.25, 0.3) is 0 Å². The third-order valence-corrected chi connectivity index (χ3v) is 6.39. The molecular formula is C27H34FN5O4. The van der Waals surface area contributed by atoms with Crippen LogP contribution in [0.4, 0.5) is 4.39 Å². The van der Waals surface area contributed by atoms with Crippen LogP contribution in [-0.4, -0.2) is 66.7 Å². The van der Waals surface area contributed by atoms with E-state index < -0.39 is 34.6 Å². The van der Waals surface area contributed by atoms with Crippen molar-refractivity contribution in [3.05, 3.63) is 66.0 Å². The molecule has 0 aromatic heterocycles. The molecule has 0 spiro atoms. The fraction of sp³-hybridized carbons (Fsp3) is 0.407. The highest BCUT2D eigenvalue weighted by molar-refractivity contribution is 6.09. The maximum absolute atomic E-state index is 13.7. The maximum atomic E-state index is 13.7. The number of hydrogen-bond acceptors (Lipinski definition) is 6. The summed E-state index contributed by atoms with van der Waals surface area (Å²) in [5.41, 5.74) is 4.49. The highest BCUT2D eigenvalue weighted by atomic mass is 19.1. The number of carbonyl (C=O) groups excluding carboxylic acids is 3. The van der Waals surface area contributed by atoms with Gasteiger partial charge in [-0.1, -0.05) is 36.4 Å². The maximum Gasteiger partial charge on any atom is 0.248 e. The van der Waals surface area contributed by atoms with Crippen LogP contribution in [0.5, 0.6) is 5.75 Å². The van der Waals surface area contributed by atoms with Crippen molar-refractivity contribution >= 4 is 23.4 Å². The van der Waals surface area contributed by atoms with Crippen molar-refractivity contribution in [2.24, 2.45) is 11.1 Å². The molecular weight excluding hydrogens is 477 g/mol. The zero-order valence-electron chi connectivity index (χ0n) is 21.3. The van der Waals surface area contributed by atoms with Gasteiger partial charge in [-0.25, -0.2) is 4.39 Å². The molecule has 2 atom stereocenters. The Morgan fingerprint density at radius 1 is 1.19 bits per heavy atom. The Labute approximate surface area is 216 Å². The number of nitrogens with zero attached hydrogens (tertiary/aromatic N) is 1. The first-order valence-electron chi connectivity index (χ1n) is 12.1. The minimum atomic E-state index is -1.27. The lowest BCUT2D eigenvalue weighted by molar-refractivity contribution is -0.141. The first-order valence-corrected chi connectivity index (χ1v) is 12.1. The van der Waals surface area contributed by atoms with Gasteiger partial charge >= 0.3 is 0 Å². The third kappa shape index (κ3) is 6.71. The molecule has 5 N–H and O–H groups in total. The molecule has 1 saturated heterocycles. The first kappa shape index (κ1) is 27.8. The van der Waals surface area contributed by atoms with E-state index >= 15 is 0 Å². The average molecular weight is 512 g/mol. The molecule has 37 heavy (non-hydrogen) atoms. The van der Waals surface area contributed by atoms with Crippen molar-refractivity contribution in [1.82, 2.24) is 15.5 Å². The van der Waals surface area contributed by atoms with Crippen molar-refractivity contribution < 1.29 is 23.5 Å². The average Bonchev–Trinajstić information content (AvgIpc) is 2.86. The number of nitrogens with two attached hydrogens (primary N) is 1. The third-order valence-electron chi connectivity index (χ3n) is 6.39. The fourth-order valence-electron chi connectivity index (χ4n) is 4.29. The lowest BCUT2D eigenvalue weighted by Crippen LogP contribution is -2.63. The molecule has 1 heterocycles. The van der Waals surface area contributed by atoms with Crippen LogP contribution >= 0.6 is 0 Å². The summed E-state index contributed by atoms with van der Waals surface area (Å²) in [4.78, 5) is 41.0. The molecule has 198 valence electrons. The fourth-order valence-corrected chi connectivity index (χ4v) is 4.29. The lowest BCUT2D eigenvalue weighted by atomic mass is 9.72. The summed E-state index contributed by atoms with van der Waals surface area (Å²) in [6, 6.07) is 13.6. The topological polar surface area (TPSA) is 138 Å². The van der Waals surface area contributed by atoms with E-state index in [0.29, 0.717) is 0 Å². The van der Waals surface area contributed by atoms with Crippen LogP contribution in [0.25, 0.3) is 0 Å². The first-order chi connectivity index (χ1) is 17.5. The number of halogens is 1. The highest BCUT2D eigenvalue weighted by Crippen LogP contribution is 2.32. The molecule has 0 saturated carbocycles. The Balaban J connectivity index is 1.88. The summed E-state index contributed by atoms with van der Waals surface area (Å²) >= 11 is 0. The molecule has 1 aliphatic rings. The second-order valence-electron chi connectivity index (χ2n) is 9.83.